The molecule has 6 rings (SSSR count). The summed E-state index contributed by atoms with van der Waals surface area (Å²) < 4.78 is 38.3. The SMILES string of the molecule is Cc1cc(CNC[C@H](O)c2ccc(O)c3[nH]c(=O)ccc23)ccc1NC(=O)CCc1ccc(NC(=O)OC2CC[N+](C)(C)CC2)c(-c2ccccc2)c1.O=C([O-])C(F)(F)F. The fraction of sp³-hybridized carbons (Fsp3) is 0.318. The number of aliphatic hydroxyl groups excluding tert-OH is 1. The lowest BCUT2D eigenvalue weighted by atomic mass is 9.98. The molecule has 1 aromatic heterocycles. The first kappa shape index (κ1) is 44.9. The molecule has 2 heterocycles. The number of aromatic hydroxyl groups is 1. The molecular formula is C44H48F3N5O8. The van der Waals surface area contributed by atoms with Gasteiger partial charge in [0.15, 0.2) is 0 Å². The Morgan fingerprint density at radius 3 is 2.25 bits per heavy atom. The molecule has 0 saturated carbocycles. The number of anilines is 2. The van der Waals surface area contributed by atoms with E-state index in [2.05, 4.69) is 35.0 Å². The number of halogens is 3. The number of nitrogens with zero attached hydrogens (tertiary/aromatic N) is 1. The quantitative estimate of drug-likeness (QED) is 0.0858. The molecular weight excluding hydrogens is 784 g/mol. The van der Waals surface area contributed by atoms with Crippen LogP contribution in [0.5, 0.6) is 5.75 Å². The summed E-state index contributed by atoms with van der Waals surface area (Å²) in [5.74, 6) is -3.17. The first-order valence-corrected chi connectivity index (χ1v) is 19.3. The molecule has 318 valence electrons. The van der Waals surface area contributed by atoms with Crippen molar-refractivity contribution in [2.75, 3.05) is 44.4 Å². The van der Waals surface area contributed by atoms with E-state index >= 15 is 0 Å². The van der Waals surface area contributed by atoms with E-state index in [1.165, 1.54) is 12.1 Å². The van der Waals surface area contributed by atoms with Crippen molar-refractivity contribution >= 4 is 40.2 Å². The summed E-state index contributed by atoms with van der Waals surface area (Å²) in [6.45, 7) is 4.62. The van der Waals surface area contributed by atoms with Crippen LogP contribution in [0, 0.1) is 6.92 Å². The Bertz CT molecular complexity index is 2360. The third-order valence-electron chi connectivity index (χ3n) is 10.2. The number of rotatable bonds is 12. The molecule has 1 aliphatic rings. The number of nitrogens with one attached hydrogen (secondary N) is 4. The second kappa shape index (κ2) is 19.7. The highest BCUT2D eigenvalue weighted by Crippen LogP contribution is 2.31. The predicted molar refractivity (Wildman–Crippen MR) is 219 cm³/mol. The maximum atomic E-state index is 13.1. The Balaban J connectivity index is 0.000000896. The number of phenolic OH excluding ortho intramolecular Hbond substituents is 1. The number of pyridine rings is 1. The van der Waals surface area contributed by atoms with Crippen molar-refractivity contribution in [1.29, 1.82) is 0 Å². The van der Waals surface area contributed by atoms with Crippen LogP contribution in [0.1, 0.15) is 47.6 Å². The lowest BCUT2D eigenvalue weighted by Crippen LogP contribution is -2.48. The average molecular weight is 832 g/mol. The number of aliphatic carboxylic acids is 1. The molecule has 60 heavy (non-hydrogen) atoms. The number of hydrogen-bond acceptors (Lipinski definition) is 9. The van der Waals surface area contributed by atoms with Crippen LogP contribution in [0.15, 0.2) is 95.8 Å². The summed E-state index contributed by atoms with van der Waals surface area (Å²) in [6, 6.07) is 27.6. The van der Waals surface area contributed by atoms with Crippen molar-refractivity contribution in [2.24, 2.45) is 0 Å². The minimum Gasteiger partial charge on any atom is -0.542 e. The highest BCUT2D eigenvalue weighted by molar-refractivity contribution is 5.93. The van der Waals surface area contributed by atoms with Gasteiger partial charge in [0.2, 0.25) is 11.5 Å². The van der Waals surface area contributed by atoms with Gasteiger partial charge in [-0.05, 0) is 71.5 Å². The van der Waals surface area contributed by atoms with E-state index in [-0.39, 0.29) is 36.3 Å². The van der Waals surface area contributed by atoms with Gasteiger partial charge in [-0.3, -0.25) is 14.9 Å². The van der Waals surface area contributed by atoms with E-state index in [1.807, 2.05) is 73.7 Å². The number of likely N-dealkylation sites (tertiary alicyclic amines) is 1. The second-order valence-corrected chi connectivity index (χ2v) is 15.3. The normalized spacial score (nSPS) is 14.4. The zero-order chi connectivity index (χ0) is 43.6. The van der Waals surface area contributed by atoms with Crippen molar-refractivity contribution in [2.45, 2.75) is 57.5 Å². The van der Waals surface area contributed by atoms with Gasteiger partial charge in [0.1, 0.15) is 17.8 Å². The van der Waals surface area contributed by atoms with Crippen LogP contribution < -0.4 is 26.6 Å². The number of alkyl halides is 3. The molecule has 1 aliphatic heterocycles. The zero-order valence-corrected chi connectivity index (χ0v) is 33.4. The summed E-state index contributed by atoms with van der Waals surface area (Å²) in [7, 11) is 4.39. The average Bonchev–Trinajstić information content (AvgIpc) is 3.20. The number of aliphatic hydroxyl groups is 1. The summed E-state index contributed by atoms with van der Waals surface area (Å²) in [5.41, 5.74) is 6.64. The summed E-state index contributed by atoms with van der Waals surface area (Å²) >= 11 is 0. The van der Waals surface area contributed by atoms with Crippen molar-refractivity contribution in [3.63, 3.8) is 0 Å². The van der Waals surface area contributed by atoms with Gasteiger partial charge in [-0.25, -0.2) is 4.79 Å². The maximum Gasteiger partial charge on any atom is 0.430 e. The van der Waals surface area contributed by atoms with E-state index in [4.69, 9.17) is 14.6 Å². The van der Waals surface area contributed by atoms with Gasteiger partial charge in [-0.15, -0.1) is 0 Å². The number of quaternary nitrogens is 1. The van der Waals surface area contributed by atoms with Gasteiger partial charge in [-0.2, -0.15) is 13.2 Å². The lowest BCUT2D eigenvalue weighted by Gasteiger charge is -2.36. The number of H-pyrrole nitrogens is 1. The number of aryl methyl sites for hydroxylation is 2. The van der Waals surface area contributed by atoms with Crippen LogP contribution in [0.25, 0.3) is 22.0 Å². The van der Waals surface area contributed by atoms with E-state index in [0.717, 1.165) is 63.9 Å². The number of piperidine rings is 1. The topological polar surface area (TPSA) is 193 Å². The van der Waals surface area contributed by atoms with Crippen LogP contribution in [0.2, 0.25) is 0 Å². The van der Waals surface area contributed by atoms with Crippen LogP contribution >= 0.6 is 0 Å². The molecule has 2 amide bonds. The van der Waals surface area contributed by atoms with Gasteiger partial charge in [-0.1, -0.05) is 54.6 Å². The first-order valence-electron chi connectivity index (χ1n) is 19.3. The highest BCUT2D eigenvalue weighted by Gasteiger charge is 2.29. The lowest BCUT2D eigenvalue weighted by molar-refractivity contribution is -0.896. The third kappa shape index (κ3) is 12.6. The first-order chi connectivity index (χ1) is 28.4. The minimum atomic E-state index is -5.19. The fourth-order valence-electron chi connectivity index (χ4n) is 6.82. The number of benzene rings is 4. The number of aromatic nitrogens is 1. The Labute approximate surface area is 344 Å². The van der Waals surface area contributed by atoms with Crippen molar-refractivity contribution in [1.82, 2.24) is 10.3 Å². The third-order valence-corrected chi connectivity index (χ3v) is 10.2. The number of ether oxygens (including phenoxy) is 1. The molecule has 1 atom stereocenters. The number of carboxylic acid groups (broad SMARTS) is 1. The van der Waals surface area contributed by atoms with Gasteiger partial charge in [0.25, 0.3) is 0 Å². The molecule has 0 radical (unpaired) electrons. The van der Waals surface area contributed by atoms with E-state index in [0.29, 0.717) is 35.1 Å². The van der Waals surface area contributed by atoms with E-state index in [1.54, 1.807) is 12.1 Å². The standard InChI is InChI=1S/C42H47N5O6.C2HF3O2/c1-27-23-29(25-43-26-38(49)32-12-16-37(48)41-33(32)13-18-40(51)46-41)10-14-35(27)44-39(50)17-11-28-9-15-36(34(24-28)30-7-5-4-6-8-30)45-42(52)53-31-19-21-47(2,3)22-20-31;3-2(4,5)1(6)7/h4-10,12-16,18,23-24,31,38,43,49H,11,17,19-22,25-26H2,1-3H3,(H3-,44,45,46,48,50,51,52);(H,6,7)/t38-;/m0./s1. The summed E-state index contributed by atoms with van der Waals surface area (Å²) in [5, 5.41) is 39.6. The second-order valence-electron chi connectivity index (χ2n) is 15.3. The molecule has 5 aromatic rings. The van der Waals surface area contributed by atoms with Crippen molar-refractivity contribution < 1.29 is 52.1 Å². The van der Waals surface area contributed by atoms with Crippen LogP contribution in [-0.4, -0.2) is 83.7 Å². The predicted octanol–water partition coefficient (Wildman–Crippen LogP) is 5.69. The summed E-state index contributed by atoms with van der Waals surface area (Å²) in [6.07, 6.45) is -4.14. The van der Waals surface area contributed by atoms with Gasteiger partial charge < -0.3 is 45.0 Å². The van der Waals surface area contributed by atoms with Crippen LogP contribution in [0.4, 0.5) is 29.3 Å². The van der Waals surface area contributed by atoms with Gasteiger partial charge in [0, 0.05) is 55.1 Å². The number of carbonyl (C=O) groups is 3. The smallest absolute Gasteiger partial charge is 0.430 e. The molecule has 1 fully saturated rings. The van der Waals surface area contributed by atoms with Gasteiger partial charge in [0.05, 0.1) is 44.5 Å². The van der Waals surface area contributed by atoms with Crippen LogP contribution in [0.3, 0.4) is 0 Å². The number of fused-ring (bicyclic) bond motifs is 1. The maximum absolute atomic E-state index is 13.1. The fourth-order valence-corrected chi connectivity index (χ4v) is 6.82. The largest absolute Gasteiger partial charge is 0.542 e. The van der Waals surface area contributed by atoms with Crippen molar-refractivity contribution in [3.8, 4) is 16.9 Å². The van der Waals surface area contributed by atoms with Crippen molar-refractivity contribution in [3.05, 3.63) is 124 Å². The number of aromatic amines is 1. The Morgan fingerprint density at radius 2 is 1.58 bits per heavy atom. The minimum absolute atomic E-state index is 0.0539. The molecule has 0 unspecified atom stereocenters. The zero-order valence-electron chi connectivity index (χ0n) is 33.4. The number of carboxylic acids is 1. The molecule has 4 aromatic carbocycles. The Hall–Kier alpha value is -6.23. The molecule has 16 heteroatoms. The number of hydrogen-bond donors (Lipinski definition) is 6. The molecule has 6 N–H and O–H groups in total. The molecule has 0 spiro atoms. The highest BCUT2D eigenvalue weighted by atomic mass is 19.4. The Morgan fingerprint density at radius 1 is 0.917 bits per heavy atom. The summed E-state index contributed by atoms with van der Waals surface area (Å²) in [4.78, 5) is 49.1. The number of phenols is 1. The molecule has 0 bridgehead atoms. The van der Waals surface area contributed by atoms with E-state index < -0.39 is 24.3 Å². The molecule has 13 nitrogen and oxygen atoms in total. The number of amides is 2. The number of carbonyl (C=O) groups excluding carboxylic acids is 3. The Kier molecular flexibility index (Phi) is 14.7. The van der Waals surface area contributed by atoms with E-state index in [9.17, 15) is 37.8 Å². The van der Waals surface area contributed by atoms with Gasteiger partial charge >= 0.3 is 12.3 Å². The molecule has 1 saturated heterocycles. The monoisotopic (exact) mass is 831 g/mol. The van der Waals surface area contributed by atoms with Crippen LogP contribution in [-0.2, 0) is 27.3 Å². The molecule has 0 aliphatic carbocycles.